The van der Waals surface area contributed by atoms with Crippen molar-refractivity contribution in [3.8, 4) is 0 Å². The third-order valence-corrected chi connectivity index (χ3v) is 16.3. The van der Waals surface area contributed by atoms with Crippen LogP contribution >= 0.6 is 0 Å². The van der Waals surface area contributed by atoms with Crippen molar-refractivity contribution in [1.29, 1.82) is 0 Å². The van der Waals surface area contributed by atoms with Crippen LogP contribution in [0.5, 0.6) is 0 Å². The van der Waals surface area contributed by atoms with Crippen LogP contribution in [0.15, 0.2) is 291 Å². The van der Waals surface area contributed by atoms with Gasteiger partial charge in [0.2, 0.25) is 0 Å². The lowest BCUT2D eigenvalue weighted by atomic mass is 10.1. The van der Waals surface area contributed by atoms with Gasteiger partial charge in [0.05, 0.1) is 0 Å². The smallest absolute Gasteiger partial charge is 0.133 e. The molecule has 0 fully saturated rings. The molecule has 0 aliphatic carbocycles. The van der Waals surface area contributed by atoms with Gasteiger partial charge in [0.1, 0.15) is 46.5 Å². The average molecular weight is 1280 g/mol. The lowest BCUT2D eigenvalue weighted by Gasteiger charge is -2.01. The highest BCUT2D eigenvalue weighted by molar-refractivity contribution is 5.90. The van der Waals surface area contributed by atoms with E-state index in [4.69, 9.17) is 0 Å². The fourth-order valence-electron chi connectivity index (χ4n) is 11.2. The third kappa shape index (κ3) is 17.6. The van der Waals surface area contributed by atoms with Gasteiger partial charge >= 0.3 is 0 Å². The van der Waals surface area contributed by atoms with Crippen molar-refractivity contribution in [3.05, 3.63) is 382 Å². The first-order chi connectivity index (χ1) is 46.3. The molecule has 0 bridgehead atoms. The molecule has 0 amide bonds. The predicted molar refractivity (Wildman–Crippen MR) is 389 cm³/mol. The molecule has 0 heterocycles. The highest BCUT2D eigenvalue weighted by Crippen LogP contribution is 2.27. The Hall–Kier alpha value is -11.0. The van der Waals surface area contributed by atoms with E-state index in [1.807, 2.05) is 224 Å². The van der Waals surface area contributed by atoms with Gasteiger partial charge in [0, 0.05) is 37.7 Å². The van der Waals surface area contributed by atoms with Gasteiger partial charge in [-0.15, -0.1) is 0 Å². The minimum absolute atomic E-state index is 0.104. The van der Waals surface area contributed by atoms with E-state index >= 15 is 0 Å². The summed E-state index contributed by atoms with van der Waals surface area (Å²) in [6.07, 6.45) is 0. The number of rotatable bonds is 0. The number of hydrogen-bond donors (Lipinski definition) is 0. The number of halogens is 8. The topological polar surface area (TPSA) is 0 Å². The van der Waals surface area contributed by atoms with Gasteiger partial charge in [-0.25, -0.2) is 35.1 Å². The molecule has 0 spiro atoms. The Morgan fingerprint density at radius 2 is 0.542 bits per heavy atom. The second-order valence-electron chi connectivity index (χ2n) is 23.4. The van der Waals surface area contributed by atoms with Crippen LogP contribution in [0.3, 0.4) is 0 Å². The van der Waals surface area contributed by atoms with Crippen LogP contribution in [0.2, 0.25) is 0 Å². The number of hydrogen-bond acceptors (Lipinski definition) is 0. The summed E-state index contributed by atoms with van der Waals surface area (Å²) < 4.78 is 106. The van der Waals surface area contributed by atoms with E-state index < -0.39 is 0 Å². The van der Waals surface area contributed by atoms with E-state index in [9.17, 15) is 35.1 Å². The van der Waals surface area contributed by atoms with Crippen LogP contribution < -0.4 is 0 Å². The van der Waals surface area contributed by atoms with E-state index in [0.717, 1.165) is 92.8 Å². The molecule has 0 N–H and O–H groups in total. The van der Waals surface area contributed by atoms with Crippen LogP contribution in [0.1, 0.15) is 44.5 Å². The van der Waals surface area contributed by atoms with Crippen molar-refractivity contribution in [2.45, 2.75) is 55.4 Å². The van der Waals surface area contributed by atoms with Gasteiger partial charge in [0.15, 0.2) is 0 Å². The zero-order chi connectivity index (χ0) is 68.4. The van der Waals surface area contributed by atoms with Crippen molar-refractivity contribution < 1.29 is 35.1 Å². The summed E-state index contributed by atoms with van der Waals surface area (Å²) in [5, 5.41) is 13.9. The molecule has 0 radical (unpaired) electrons. The van der Waals surface area contributed by atoms with Crippen LogP contribution in [-0.2, 0) is 0 Å². The zero-order valence-electron chi connectivity index (χ0n) is 54.7. The SMILES string of the molecule is Cc1c(F)ccc2ccccc12.Cc1cc(F)c2ccccc2c1.Cc1ccc(F)c2ccccc12.Cc1ccc2c(F)cccc2c1.Cc1ccc2cccc(F)c2c1.Cc1ccc2ccccc2c1F.Cc1cccc2c(F)cccc12.Cc1cccc2cccc(F)c12. The number of benzene rings is 16. The molecule has 0 aliphatic heterocycles. The highest BCUT2D eigenvalue weighted by atomic mass is 19.2. The second-order valence-corrected chi connectivity index (χ2v) is 23.4. The fourth-order valence-corrected chi connectivity index (χ4v) is 11.2. The van der Waals surface area contributed by atoms with Gasteiger partial charge in [0.25, 0.3) is 0 Å². The van der Waals surface area contributed by atoms with Crippen molar-refractivity contribution >= 4 is 86.2 Å². The Labute approximate surface area is 556 Å². The Morgan fingerprint density at radius 1 is 0.177 bits per heavy atom. The molecule has 16 rings (SSSR count). The van der Waals surface area contributed by atoms with E-state index in [0.29, 0.717) is 37.9 Å². The highest BCUT2D eigenvalue weighted by Gasteiger charge is 2.07. The lowest BCUT2D eigenvalue weighted by Crippen LogP contribution is -1.83. The minimum atomic E-state index is -0.146. The van der Waals surface area contributed by atoms with Gasteiger partial charge < -0.3 is 0 Å². The molecule has 0 nitrogen and oxygen atoms in total. The summed E-state index contributed by atoms with van der Waals surface area (Å²) in [4.78, 5) is 0. The summed E-state index contributed by atoms with van der Waals surface area (Å²) >= 11 is 0. The zero-order valence-corrected chi connectivity index (χ0v) is 54.7. The van der Waals surface area contributed by atoms with Crippen molar-refractivity contribution in [1.82, 2.24) is 0 Å². The maximum absolute atomic E-state index is 13.4. The van der Waals surface area contributed by atoms with Gasteiger partial charge in [-0.05, 0) is 186 Å². The summed E-state index contributed by atoms with van der Waals surface area (Å²) in [5.74, 6) is -1.07. The first-order valence-corrected chi connectivity index (χ1v) is 31.4. The Balaban J connectivity index is 0.000000129. The molecule has 0 atom stereocenters. The monoisotopic (exact) mass is 1280 g/mol. The van der Waals surface area contributed by atoms with E-state index in [1.165, 1.54) is 36.4 Å². The molecule has 0 saturated carbocycles. The third-order valence-electron chi connectivity index (χ3n) is 16.3. The largest absolute Gasteiger partial charge is 0.207 e. The Bertz CT molecular complexity index is 5030. The number of fused-ring (bicyclic) bond motifs is 8. The molecule has 0 aromatic heterocycles. The van der Waals surface area contributed by atoms with Gasteiger partial charge in [-0.3, -0.25) is 0 Å². The molecule has 16 aromatic carbocycles. The average Bonchev–Trinajstić information content (AvgIpc) is 1.05. The van der Waals surface area contributed by atoms with Crippen molar-refractivity contribution in [3.63, 3.8) is 0 Å². The lowest BCUT2D eigenvalue weighted by molar-refractivity contribution is 0.621. The van der Waals surface area contributed by atoms with Crippen LogP contribution in [0, 0.1) is 102 Å². The molecular formula is C88H72F8. The molecular weight excluding hydrogens is 1210 g/mol. The predicted octanol–water partition coefficient (Wildman–Crippen LogP) is 26.3. The molecule has 480 valence electrons. The summed E-state index contributed by atoms with van der Waals surface area (Å²) in [5.41, 5.74) is 7.87. The summed E-state index contributed by atoms with van der Waals surface area (Å²) in [7, 11) is 0. The molecule has 16 aromatic rings. The van der Waals surface area contributed by atoms with E-state index in [-0.39, 0.29) is 46.5 Å². The van der Waals surface area contributed by atoms with E-state index in [2.05, 4.69) is 0 Å². The summed E-state index contributed by atoms with van der Waals surface area (Å²) in [6, 6.07) is 87.8. The summed E-state index contributed by atoms with van der Waals surface area (Å²) in [6.45, 7) is 15.3. The number of aryl methyl sites for hydroxylation is 8. The maximum atomic E-state index is 13.4. The normalized spacial score (nSPS) is 10.5. The Morgan fingerprint density at radius 3 is 1.20 bits per heavy atom. The molecule has 0 unspecified atom stereocenters. The molecule has 96 heavy (non-hydrogen) atoms. The first kappa shape index (κ1) is 69.4. The molecule has 0 saturated heterocycles. The van der Waals surface area contributed by atoms with Crippen molar-refractivity contribution in [2.24, 2.45) is 0 Å². The molecule has 0 aliphatic rings. The fraction of sp³-hybridized carbons (Fsp3) is 0.0909. The van der Waals surface area contributed by atoms with Crippen LogP contribution in [-0.4, -0.2) is 0 Å². The van der Waals surface area contributed by atoms with Gasteiger partial charge in [-0.1, -0.05) is 254 Å². The van der Waals surface area contributed by atoms with Crippen LogP contribution in [0.4, 0.5) is 35.1 Å². The standard InChI is InChI=1S/8C11H9F/c1-8-4-2-6-10-9(8)5-3-7-11(10)12;1-8-4-2-5-9-6-3-7-10(12)11(8)9;1-8-5-6-10-9(7-8)3-2-4-11(10)12;1-8-5-6-9-3-2-4-11(12)10(9)7-8;1-8-6-9-4-2-3-5-10(9)11(12)7-8;1-8-10-5-3-2-4-9(10)6-7-11(8)12;1-8-6-7-11(12)10-5-3-2-4-9(8)10;1-8-6-7-9-4-2-3-5-10(9)11(8)12/h8*2-7H,1H3. The first-order valence-electron chi connectivity index (χ1n) is 31.4. The Kier molecular flexibility index (Phi) is 23.7. The van der Waals surface area contributed by atoms with E-state index in [1.54, 1.807) is 86.6 Å². The van der Waals surface area contributed by atoms with Crippen molar-refractivity contribution in [2.75, 3.05) is 0 Å². The minimum Gasteiger partial charge on any atom is -0.207 e. The van der Waals surface area contributed by atoms with Crippen LogP contribution in [0.25, 0.3) is 86.2 Å². The maximum Gasteiger partial charge on any atom is 0.133 e. The quantitative estimate of drug-likeness (QED) is 0.133. The van der Waals surface area contributed by atoms with Gasteiger partial charge in [-0.2, -0.15) is 0 Å². The molecule has 8 heteroatoms. The second kappa shape index (κ2) is 32.7.